The number of rotatable bonds is 6. The molecule has 0 bridgehead atoms. The maximum absolute atomic E-state index is 13.2. The van der Waals surface area contributed by atoms with Crippen LogP contribution in [0.25, 0.3) is 11.3 Å². The second kappa shape index (κ2) is 8.97. The van der Waals surface area contributed by atoms with Crippen LogP contribution in [0.4, 0.5) is 18.9 Å². The molecule has 8 heteroatoms. The van der Waals surface area contributed by atoms with Crippen molar-refractivity contribution in [3.05, 3.63) is 108 Å². The fourth-order valence-electron chi connectivity index (χ4n) is 3.28. The van der Waals surface area contributed by atoms with Gasteiger partial charge in [0.15, 0.2) is 0 Å². The van der Waals surface area contributed by atoms with Crippen LogP contribution in [0.3, 0.4) is 0 Å². The van der Waals surface area contributed by atoms with Crippen molar-refractivity contribution in [2.75, 3.05) is 5.43 Å². The van der Waals surface area contributed by atoms with Crippen LogP contribution >= 0.6 is 0 Å². The van der Waals surface area contributed by atoms with E-state index in [9.17, 15) is 18.0 Å². The van der Waals surface area contributed by atoms with Crippen molar-refractivity contribution in [1.82, 2.24) is 15.2 Å². The highest BCUT2D eigenvalue weighted by atomic mass is 19.4. The molecular formula is C24H19F3N4O. The first-order chi connectivity index (χ1) is 15.4. The molecule has 0 saturated carbocycles. The summed E-state index contributed by atoms with van der Waals surface area (Å²) in [5.41, 5.74) is 6.05. The fraction of sp³-hybridized carbons (Fsp3) is 0.0833. The highest BCUT2D eigenvalue weighted by molar-refractivity contribution is 6.00. The summed E-state index contributed by atoms with van der Waals surface area (Å²) in [6, 6.07) is 23.7. The van der Waals surface area contributed by atoms with Crippen LogP contribution in [0.1, 0.15) is 21.5 Å². The number of para-hydroxylation sites is 1. The Balaban J connectivity index is 1.61. The molecule has 1 amide bonds. The van der Waals surface area contributed by atoms with Crippen molar-refractivity contribution in [1.29, 1.82) is 0 Å². The van der Waals surface area contributed by atoms with E-state index in [1.54, 1.807) is 10.9 Å². The van der Waals surface area contributed by atoms with Crippen LogP contribution in [0, 0.1) is 0 Å². The summed E-state index contributed by atoms with van der Waals surface area (Å²) in [5, 5.41) is 4.56. The van der Waals surface area contributed by atoms with Gasteiger partial charge in [0.1, 0.15) is 5.69 Å². The first-order valence-corrected chi connectivity index (χ1v) is 9.81. The van der Waals surface area contributed by atoms with E-state index >= 15 is 0 Å². The summed E-state index contributed by atoms with van der Waals surface area (Å²) in [4.78, 5) is 12.9. The lowest BCUT2D eigenvalue weighted by atomic mass is 10.1. The number of hydrogen-bond donors (Lipinski definition) is 2. The van der Waals surface area contributed by atoms with Gasteiger partial charge in [-0.25, -0.2) is 0 Å². The van der Waals surface area contributed by atoms with Gasteiger partial charge >= 0.3 is 6.18 Å². The van der Waals surface area contributed by atoms with E-state index in [0.717, 1.165) is 17.2 Å². The summed E-state index contributed by atoms with van der Waals surface area (Å²) < 4.78 is 41.3. The first kappa shape index (κ1) is 21.2. The number of hydrazine groups is 1. The van der Waals surface area contributed by atoms with Crippen LogP contribution in [-0.4, -0.2) is 15.7 Å². The normalized spacial score (nSPS) is 11.2. The van der Waals surface area contributed by atoms with Crippen LogP contribution < -0.4 is 10.9 Å². The van der Waals surface area contributed by atoms with E-state index < -0.39 is 17.6 Å². The van der Waals surface area contributed by atoms with E-state index in [-0.39, 0.29) is 11.3 Å². The minimum atomic E-state index is -4.55. The Morgan fingerprint density at radius 1 is 0.875 bits per heavy atom. The standard InChI is InChI=1S/C24H19F3N4O/c25-24(26,27)20-13-7-8-14-21(20)28-29-23(32)19-16-31(15-17-9-3-1-4-10-17)30-22(19)18-11-5-2-6-12-18/h1-14,16,28H,15H2,(H,29,32). The molecule has 32 heavy (non-hydrogen) atoms. The Hall–Kier alpha value is -4.07. The molecule has 0 fully saturated rings. The Labute approximate surface area is 182 Å². The van der Waals surface area contributed by atoms with Gasteiger partial charge in [0, 0.05) is 11.8 Å². The molecule has 4 aromatic rings. The van der Waals surface area contributed by atoms with Crippen LogP contribution in [0.5, 0.6) is 0 Å². The third-order valence-electron chi connectivity index (χ3n) is 4.78. The molecule has 0 radical (unpaired) electrons. The zero-order valence-corrected chi connectivity index (χ0v) is 16.8. The Morgan fingerprint density at radius 3 is 2.19 bits per heavy atom. The minimum Gasteiger partial charge on any atom is -0.298 e. The van der Waals surface area contributed by atoms with E-state index in [0.29, 0.717) is 12.2 Å². The van der Waals surface area contributed by atoms with Crippen molar-refractivity contribution in [2.24, 2.45) is 0 Å². The Morgan fingerprint density at radius 2 is 1.50 bits per heavy atom. The molecule has 0 aliphatic carbocycles. The number of amides is 1. The second-order valence-corrected chi connectivity index (χ2v) is 7.06. The third kappa shape index (κ3) is 4.80. The number of aromatic nitrogens is 2. The molecule has 3 aromatic carbocycles. The maximum Gasteiger partial charge on any atom is 0.418 e. The van der Waals surface area contributed by atoms with Crippen molar-refractivity contribution in [3.63, 3.8) is 0 Å². The van der Waals surface area contributed by atoms with Gasteiger partial charge in [0.05, 0.1) is 23.4 Å². The topological polar surface area (TPSA) is 59.0 Å². The molecule has 0 saturated heterocycles. The molecule has 0 atom stereocenters. The number of carbonyl (C=O) groups is 1. The number of nitrogens with zero attached hydrogens (tertiary/aromatic N) is 2. The van der Waals surface area contributed by atoms with Crippen molar-refractivity contribution in [2.45, 2.75) is 12.7 Å². The molecular weight excluding hydrogens is 417 g/mol. The molecule has 4 rings (SSSR count). The fourth-order valence-corrected chi connectivity index (χ4v) is 3.28. The predicted molar refractivity (Wildman–Crippen MR) is 116 cm³/mol. The first-order valence-electron chi connectivity index (χ1n) is 9.81. The van der Waals surface area contributed by atoms with E-state index in [2.05, 4.69) is 16.0 Å². The third-order valence-corrected chi connectivity index (χ3v) is 4.78. The van der Waals surface area contributed by atoms with Gasteiger partial charge in [0.25, 0.3) is 5.91 Å². The average molecular weight is 436 g/mol. The van der Waals surface area contributed by atoms with Crippen molar-refractivity contribution in [3.8, 4) is 11.3 Å². The highest BCUT2D eigenvalue weighted by Crippen LogP contribution is 2.34. The molecule has 0 aliphatic heterocycles. The maximum atomic E-state index is 13.2. The summed E-state index contributed by atoms with van der Waals surface area (Å²) >= 11 is 0. The number of alkyl halides is 3. The van der Waals surface area contributed by atoms with Gasteiger partial charge in [0.2, 0.25) is 0 Å². The van der Waals surface area contributed by atoms with Crippen LogP contribution in [0.15, 0.2) is 91.1 Å². The molecule has 162 valence electrons. The number of hydrogen-bond acceptors (Lipinski definition) is 3. The lowest BCUT2D eigenvalue weighted by Crippen LogP contribution is -2.30. The number of benzene rings is 3. The monoisotopic (exact) mass is 436 g/mol. The second-order valence-electron chi connectivity index (χ2n) is 7.06. The zero-order valence-electron chi connectivity index (χ0n) is 16.8. The largest absolute Gasteiger partial charge is 0.418 e. The molecule has 2 N–H and O–H groups in total. The van der Waals surface area contributed by atoms with E-state index in [1.165, 1.54) is 18.2 Å². The molecule has 1 aromatic heterocycles. The molecule has 0 unspecified atom stereocenters. The lowest BCUT2D eigenvalue weighted by Gasteiger charge is -2.14. The summed E-state index contributed by atoms with van der Waals surface area (Å²) in [7, 11) is 0. The predicted octanol–water partition coefficient (Wildman–Crippen LogP) is 5.37. The van der Waals surface area contributed by atoms with E-state index in [4.69, 9.17) is 0 Å². The SMILES string of the molecule is O=C(NNc1ccccc1C(F)(F)F)c1cn(Cc2ccccc2)nc1-c1ccccc1. The van der Waals surface area contributed by atoms with Crippen molar-refractivity contribution >= 4 is 11.6 Å². The van der Waals surface area contributed by atoms with E-state index in [1.807, 2.05) is 60.7 Å². The molecule has 0 spiro atoms. The zero-order chi connectivity index (χ0) is 22.6. The Kier molecular flexibility index (Phi) is 5.93. The summed E-state index contributed by atoms with van der Waals surface area (Å²) in [6.07, 6.45) is -2.97. The van der Waals surface area contributed by atoms with Gasteiger partial charge in [-0.05, 0) is 17.7 Å². The summed E-state index contributed by atoms with van der Waals surface area (Å²) in [5.74, 6) is -0.597. The Bertz CT molecular complexity index is 1200. The number of carbonyl (C=O) groups excluding carboxylic acids is 1. The van der Waals surface area contributed by atoms with Crippen molar-refractivity contribution < 1.29 is 18.0 Å². The van der Waals surface area contributed by atoms with Gasteiger partial charge < -0.3 is 0 Å². The van der Waals surface area contributed by atoms with Gasteiger partial charge in [-0.3, -0.25) is 20.3 Å². The van der Waals surface area contributed by atoms with Gasteiger partial charge in [-0.15, -0.1) is 0 Å². The van der Waals surface area contributed by atoms with Crippen LogP contribution in [0.2, 0.25) is 0 Å². The number of halogens is 3. The smallest absolute Gasteiger partial charge is 0.298 e. The molecule has 1 heterocycles. The lowest BCUT2D eigenvalue weighted by molar-refractivity contribution is -0.137. The number of nitrogens with one attached hydrogen (secondary N) is 2. The van der Waals surface area contributed by atoms with Crippen LogP contribution in [-0.2, 0) is 12.7 Å². The van der Waals surface area contributed by atoms with Gasteiger partial charge in [-0.2, -0.15) is 18.3 Å². The number of anilines is 1. The molecule has 5 nitrogen and oxygen atoms in total. The highest BCUT2D eigenvalue weighted by Gasteiger charge is 2.33. The average Bonchev–Trinajstić information content (AvgIpc) is 3.22. The molecule has 0 aliphatic rings. The summed E-state index contributed by atoms with van der Waals surface area (Å²) in [6.45, 7) is 0.443. The quantitative estimate of drug-likeness (QED) is 0.400. The van der Waals surface area contributed by atoms with Gasteiger partial charge in [-0.1, -0.05) is 72.8 Å². The minimum absolute atomic E-state index is 0.240.